The van der Waals surface area contributed by atoms with E-state index < -0.39 is 0 Å². The Morgan fingerprint density at radius 3 is 2.00 bits per heavy atom. The Bertz CT molecular complexity index is 2820. The molecule has 238 valence electrons. The van der Waals surface area contributed by atoms with Gasteiger partial charge in [0.1, 0.15) is 0 Å². The minimum absolute atomic E-state index is 0.197. The maximum atomic E-state index is 2.54. The fourth-order valence-electron chi connectivity index (χ4n) is 8.41. The predicted octanol–water partition coefficient (Wildman–Crippen LogP) is 14.1. The van der Waals surface area contributed by atoms with Gasteiger partial charge in [0.2, 0.25) is 0 Å². The van der Waals surface area contributed by atoms with E-state index in [-0.39, 0.29) is 5.41 Å². The molecule has 1 nitrogen and oxygen atoms in total. The van der Waals surface area contributed by atoms with Crippen molar-refractivity contribution in [3.63, 3.8) is 0 Å². The molecule has 0 aliphatic heterocycles. The standard InChI is InChI=1S/C48H35NS/c1-30-13-4-10-20-42(30)49(43-21-12-19-38-36-17-9-11-22-45(36)50-47(38)43)44-29-41-46(37-18-8-7-16-35(37)44)39-26-25-34(28-40(39)48(41,2)3)33-24-23-31-14-5-6-15-32(31)27-33/h4-29H,1-3H3. The van der Waals surface area contributed by atoms with Crippen LogP contribution in [0.5, 0.6) is 0 Å². The maximum absolute atomic E-state index is 2.54. The molecule has 0 radical (unpaired) electrons. The highest BCUT2D eigenvalue weighted by Crippen LogP contribution is 2.56. The van der Waals surface area contributed by atoms with Gasteiger partial charge in [-0.25, -0.2) is 0 Å². The summed E-state index contributed by atoms with van der Waals surface area (Å²) in [6, 6.07) is 58.6. The first-order valence-electron chi connectivity index (χ1n) is 17.4. The SMILES string of the molecule is Cc1ccccc1N(c1cc2c(c3ccccc13)-c1ccc(-c3ccc4ccccc4c3)cc1C2(C)C)c1cccc2c1sc1ccccc12. The highest BCUT2D eigenvalue weighted by Gasteiger charge is 2.38. The first kappa shape index (κ1) is 29.2. The Morgan fingerprint density at radius 2 is 1.14 bits per heavy atom. The van der Waals surface area contributed by atoms with Gasteiger partial charge in [0.25, 0.3) is 0 Å². The van der Waals surface area contributed by atoms with Gasteiger partial charge in [-0.3, -0.25) is 0 Å². The molecule has 0 saturated carbocycles. The van der Waals surface area contributed by atoms with Crippen LogP contribution in [0, 0.1) is 6.92 Å². The molecular weight excluding hydrogens is 623 g/mol. The zero-order valence-electron chi connectivity index (χ0n) is 28.4. The molecule has 0 unspecified atom stereocenters. The van der Waals surface area contributed by atoms with Crippen LogP contribution in [0.4, 0.5) is 17.1 Å². The van der Waals surface area contributed by atoms with Crippen LogP contribution in [0.15, 0.2) is 158 Å². The summed E-state index contributed by atoms with van der Waals surface area (Å²) in [5, 5.41) is 7.72. The lowest BCUT2D eigenvalue weighted by Crippen LogP contribution is -2.17. The van der Waals surface area contributed by atoms with Crippen molar-refractivity contribution in [3.8, 4) is 22.3 Å². The molecule has 0 fully saturated rings. The van der Waals surface area contributed by atoms with E-state index in [2.05, 4.69) is 183 Å². The van der Waals surface area contributed by atoms with Gasteiger partial charge >= 0.3 is 0 Å². The summed E-state index contributed by atoms with van der Waals surface area (Å²) in [5.41, 5.74) is 12.7. The van der Waals surface area contributed by atoms with Crippen molar-refractivity contribution in [1.82, 2.24) is 0 Å². The minimum atomic E-state index is -0.197. The molecule has 50 heavy (non-hydrogen) atoms. The second-order valence-corrected chi connectivity index (χ2v) is 15.2. The quantitative estimate of drug-likeness (QED) is 0.182. The summed E-state index contributed by atoms with van der Waals surface area (Å²) >= 11 is 1.89. The second kappa shape index (κ2) is 10.9. The summed E-state index contributed by atoms with van der Waals surface area (Å²) in [7, 11) is 0. The Balaban J connectivity index is 1.23. The third-order valence-corrected chi connectivity index (χ3v) is 12.2. The van der Waals surface area contributed by atoms with Crippen LogP contribution >= 0.6 is 11.3 Å². The van der Waals surface area contributed by atoms with Crippen molar-refractivity contribution in [3.05, 3.63) is 174 Å². The topological polar surface area (TPSA) is 3.24 Å². The van der Waals surface area contributed by atoms with Gasteiger partial charge in [0.05, 0.1) is 16.1 Å². The van der Waals surface area contributed by atoms with Crippen LogP contribution in [0.3, 0.4) is 0 Å². The van der Waals surface area contributed by atoms with Gasteiger partial charge in [-0.15, -0.1) is 11.3 Å². The van der Waals surface area contributed by atoms with Gasteiger partial charge in [-0.05, 0) is 98.4 Å². The number of thiophene rings is 1. The van der Waals surface area contributed by atoms with Crippen LogP contribution in [0.2, 0.25) is 0 Å². The maximum Gasteiger partial charge on any atom is 0.0640 e. The van der Waals surface area contributed by atoms with E-state index in [1.807, 2.05) is 11.3 Å². The number of fused-ring (bicyclic) bond motifs is 9. The van der Waals surface area contributed by atoms with Crippen molar-refractivity contribution in [2.24, 2.45) is 0 Å². The fourth-order valence-corrected chi connectivity index (χ4v) is 9.62. The van der Waals surface area contributed by atoms with Gasteiger partial charge in [0, 0.05) is 32.0 Å². The molecule has 1 aromatic heterocycles. The number of para-hydroxylation sites is 1. The normalized spacial score (nSPS) is 13.3. The largest absolute Gasteiger partial charge is 0.308 e. The fraction of sp³-hybridized carbons (Fsp3) is 0.0833. The molecule has 1 heterocycles. The second-order valence-electron chi connectivity index (χ2n) is 14.2. The third kappa shape index (κ3) is 4.25. The molecule has 8 aromatic carbocycles. The van der Waals surface area contributed by atoms with Crippen LogP contribution in [-0.4, -0.2) is 0 Å². The Kier molecular flexibility index (Phi) is 6.37. The third-order valence-electron chi connectivity index (χ3n) is 11.0. The van der Waals surface area contributed by atoms with E-state index in [4.69, 9.17) is 0 Å². The summed E-state index contributed by atoms with van der Waals surface area (Å²) < 4.78 is 2.63. The zero-order valence-corrected chi connectivity index (χ0v) is 29.2. The number of benzene rings is 8. The van der Waals surface area contributed by atoms with Crippen molar-refractivity contribution in [2.75, 3.05) is 4.90 Å². The van der Waals surface area contributed by atoms with E-state index in [0.29, 0.717) is 0 Å². The van der Waals surface area contributed by atoms with Gasteiger partial charge in [-0.1, -0.05) is 135 Å². The Hall–Kier alpha value is -5.70. The molecule has 0 atom stereocenters. The smallest absolute Gasteiger partial charge is 0.0640 e. The number of nitrogens with zero attached hydrogens (tertiary/aromatic N) is 1. The van der Waals surface area contributed by atoms with Crippen LogP contribution in [0.1, 0.15) is 30.5 Å². The van der Waals surface area contributed by atoms with E-state index >= 15 is 0 Å². The van der Waals surface area contributed by atoms with Gasteiger partial charge < -0.3 is 4.90 Å². The first-order chi connectivity index (χ1) is 24.5. The van der Waals surface area contributed by atoms with Gasteiger partial charge in [-0.2, -0.15) is 0 Å². The molecular formula is C48H35NS. The van der Waals surface area contributed by atoms with E-state index in [9.17, 15) is 0 Å². The number of rotatable bonds is 4. The molecule has 1 aliphatic carbocycles. The predicted molar refractivity (Wildman–Crippen MR) is 217 cm³/mol. The van der Waals surface area contributed by atoms with Crippen LogP contribution in [-0.2, 0) is 5.41 Å². The lowest BCUT2D eigenvalue weighted by molar-refractivity contribution is 0.661. The van der Waals surface area contributed by atoms with Crippen LogP contribution in [0.25, 0.3) is 64.0 Å². The molecule has 10 rings (SSSR count). The summed E-state index contributed by atoms with van der Waals surface area (Å²) in [5.74, 6) is 0. The van der Waals surface area contributed by atoms with Crippen molar-refractivity contribution in [1.29, 1.82) is 0 Å². The average molecular weight is 658 g/mol. The lowest BCUT2D eigenvalue weighted by atomic mass is 9.80. The Labute approximate surface area is 296 Å². The molecule has 0 bridgehead atoms. The number of aryl methyl sites for hydroxylation is 1. The molecule has 0 spiro atoms. The number of hydrogen-bond acceptors (Lipinski definition) is 2. The minimum Gasteiger partial charge on any atom is -0.308 e. The number of hydrogen-bond donors (Lipinski definition) is 0. The summed E-state index contributed by atoms with van der Waals surface area (Å²) in [6.07, 6.45) is 0. The van der Waals surface area contributed by atoms with Gasteiger partial charge in [0.15, 0.2) is 0 Å². The highest BCUT2D eigenvalue weighted by atomic mass is 32.1. The molecule has 0 amide bonds. The van der Waals surface area contributed by atoms with E-state index in [1.165, 1.54) is 97.7 Å². The van der Waals surface area contributed by atoms with Crippen molar-refractivity contribution < 1.29 is 0 Å². The molecule has 1 aliphatic rings. The van der Waals surface area contributed by atoms with E-state index in [1.54, 1.807) is 0 Å². The monoisotopic (exact) mass is 657 g/mol. The summed E-state index contributed by atoms with van der Waals surface area (Å²) in [4.78, 5) is 2.54. The molecule has 9 aromatic rings. The van der Waals surface area contributed by atoms with Crippen molar-refractivity contribution in [2.45, 2.75) is 26.2 Å². The highest BCUT2D eigenvalue weighted by molar-refractivity contribution is 7.26. The lowest BCUT2D eigenvalue weighted by Gasteiger charge is -2.31. The molecule has 0 N–H and O–H groups in total. The number of anilines is 3. The first-order valence-corrected chi connectivity index (χ1v) is 18.3. The summed E-state index contributed by atoms with van der Waals surface area (Å²) in [6.45, 7) is 7.05. The van der Waals surface area contributed by atoms with E-state index in [0.717, 1.165) is 0 Å². The molecule has 2 heteroatoms. The van der Waals surface area contributed by atoms with Crippen molar-refractivity contribution >= 4 is 70.1 Å². The molecule has 0 saturated heterocycles. The zero-order chi connectivity index (χ0) is 33.6. The van der Waals surface area contributed by atoms with Crippen LogP contribution < -0.4 is 4.90 Å². The average Bonchev–Trinajstić information content (AvgIpc) is 3.64. The Morgan fingerprint density at radius 1 is 0.480 bits per heavy atom.